The monoisotopic (exact) mass is 217 g/mol. The Hall–Kier alpha value is -2.06. The molecule has 4 nitrogen and oxygen atoms in total. The molecular weight excluding hydrogens is 210 g/mol. The topological polar surface area (TPSA) is 68.9 Å². The lowest BCUT2D eigenvalue weighted by atomic mass is 10.1. The van der Waals surface area contributed by atoms with E-state index in [2.05, 4.69) is 10.3 Å². The average molecular weight is 217 g/mol. The van der Waals surface area contributed by atoms with E-state index in [0.29, 0.717) is 16.4 Å². The zero-order valence-corrected chi connectivity index (χ0v) is 8.45. The largest absolute Gasteiger partial charge is 0.507 e. The lowest BCUT2D eigenvalue weighted by Crippen LogP contribution is -1.85. The van der Waals surface area contributed by atoms with Gasteiger partial charge < -0.3 is 5.11 Å². The second kappa shape index (κ2) is 3.98. The highest BCUT2D eigenvalue weighted by Gasteiger charge is 2.07. The first-order valence-corrected chi connectivity index (χ1v) is 5.08. The van der Waals surface area contributed by atoms with Crippen LogP contribution >= 0.6 is 11.3 Å². The molecule has 1 aromatic carbocycles. The van der Waals surface area contributed by atoms with Crippen LogP contribution in [0.1, 0.15) is 0 Å². The van der Waals surface area contributed by atoms with E-state index in [4.69, 9.17) is 5.26 Å². The van der Waals surface area contributed by atoms with E-state index >= 15 is 0 Å². The molecular formula is C10H7N3OS. The minimum Gasteiger partial charge on any atom is -0.507 e. The van der Waals surface area contributed by atoms with Crippen LogP contribution in [0.25, 0.3) is 11.3 Å². The summed E-state index contributed by atoms with van der Waals surface area (Å²) in [5.41, 5.74) is 1.33. The predicted molar refractivity (Wildman–Crippen MR) is 58.5 cm³/mol. The summed E-state index contributed by atoms with van der Waals surface area (Å²) in [4.78, 5) is 4.16. The van der Waals surface area contributed by atoms with Gasteiger partial charge in [0.25, 0.3) is 0 Å². The van der Waals surface area contributed by atoms with Crippen molar-refractivity contribution < 1.29 is 5.11 Å². The molecule has 1 aromatic heterocycles. The van der Waals surface area contributed by atoms with E-state index in [1.54, 1.807) is 29.8 Å². The Kier molecular flexibility index (Phi) is 2.52. The molecule has 1 heterocycles. The van der Waals surface area contributed by atoms with E-state index in [9.17, 15) is 5.11 Å². The highest BCUT2D eigenvalue weighted by atomic mass is 32.1. The third-order valence-electron chi connectivity index (χ3n) is 1.85. The van der Waals surface area contributed by atoms with Crippen LogP contribution in [-0.4, -0.2) is 10.1 Å². The maximum absolute atomic E-state index is 9.58. The summed E-state index contributed by atoms with van der Waals surface area (Å²) in [7, 11) is 0. The molecule has 0 saturated carbocycles. The second-order valence-corrected chi connectivity index (χ2v) is 3.65. The second-order valence-electron chi connectivity index (χ2n) is 2.79. The first-order valence-electron chi connectivity index (χ1n) is 4.20. The quantitative estimate of drug-likeness (QED) is 0.598. The molecule has 0 saturated heterocycles. The van der Waals surface area contributed by atoms with Crippen molar-refractivity contribution in [3.05, 3.63) is 29.6 Å². The van der Waals surface area contributed by atoms with Crippen molar-refractivity contribution in [2.75, 3.05) is 5.32 Å². The van der Waals surface area contributed by atoms with Gasteiger partial charge in [0.1, 0.15) is 5.75 Å². The van der Waals surface area contributed by atoms with Gasteiger partial charge in [0.2, 0.25) is 0 Å². The number of phenolic OH excluding ortho intramolecular Hbond substituents is 1. The number of phenols is 1. The SMILES string of the molecule is N#CNc1nc(-c2ccccc2O)cs1. The molecule has 74 valence electrons. The highest BCUT2D eigenvalue weighted by molar-refractivity contribution is 7.14. The minimum atomic E-state index is 0.186. The lowest BCUT2D eigenvalue weighted by molar-refractivity contribution is 0.477. The van der Waals surface area contributed by atoms with Gasteiger partial charge in [-0.05, 0) is 12.1 Å². The zero-order valence-electron chi connectivity index (χ0n) is 7.64. The average Bonchev–Trinajstić information content (AvgIpc) is 2.68. The number of rotatable bonds is 2. The van der Waals surface area contributed by atoms with E-state index < -0.39 is 0 Å². The van der Waals surface area contributed by atoms with Crippen LogP contribution in [0.5, 0.6) is 5.75 Å². The fraction of sp³-hybridized carbons (Fsp3) is 0. The normalized spacial score (nSPS) is 9.53. The standard InChI is InChI=1S/C10H7N3OS/c11-6-12-10-13-8(5-15-10)7-3-1-2-4-9(7)14/h1-5,14H,(H,12,13). The number of nitrogens with zero attached hydrogens (tertiary/aromatic N) is 2. The minimum absolute atomic E-state index is 0.186. The Labute approximate surface area is 90.5 Å². The van der Waals surface area contributed by atoms with Gasteiger partial charge in [-0.15, -0.1) is 11.3 Å². The van der Waals surface area contributed by atoms with Crippen molar-refractivity contribution in [2.24, 2.45) is 0 Å². The van der Waals surface area contributed by atoms with Crippen LogP contribution in [0, 0.1) is 11.5 Å². The number of anilines is 1. The van der Waals surface area contributed by atoms with E-state index in [0.717, 1.165) is 0 Å². The molecule has 0 radical (unpaired) electrons. The number of nitriles is 1. The van der Waals surface area contributed by atoms with Crippen LogP contribution in [0.3, 0.4) is 0 Å². The van der Waals surface area contributed by atoms with Gasteiger partial charge in [0, 0.05) is 10.9 Å². The summed E-state index contributed by atoms with van der Waals surface area (Å²) in [6.45, 7) is 0. The predicted octanol–water partition coefficient (Wildman–Crippen LogP) is 2.41. The Morgan fingerprint density at radius 1 is 1.40 bits per heavy atom. The van der Waals surface area contributed by atoms with Crippen molar-refractivity contribution in [3.8, 4) is 23.2 Å². The van der Waals surface area contributed by atoms with Crippen molar-refractivity contribution in [2.45, 2.75) is 0 Å². The van der Waals surface area contributed by atoms with E-state index in [1.807, 2.05) is 6.07 Å². The number of aromatic hydroxyl groups is 1. The number of aromatic nitrogens is 1. The van der Waals surface area contributed by atoms with Gasteiger partial charge in [0.05, 0.1) is 5.69 Å². The molecule has 2 N–H and O–H groups in total. The molecule has 5 heteroatoms. The summed E-state index contributed by atoms with van der Waals surface area (Å²) >= 11 is 1.32. The Morgan fingerprint density at radius 2 is 2.20 bits per heavy atom. The maximum atomic E-state index is 9.58. The Morgan fingerprint density at radius 3 is 2.93 bits per heavy atom. The molecule has 0 bridgehead atoms. The van der Waals surface area contributed by atoms with Gasteiger partial charge >= 0.3 is 0 Å². The van der Waals surface area contributed by atoms with Gasteiger partial charge in [-0.1, -0.05) is 12.1 Å². The Bertz CT molecular complexity index is 515. The first kappa shape index (κ1) is 9.49. The molecule has 0 aliphatic rings. The third-order valence-corrected chi connectivity index (χ3v) is 2.60. The number of nitrogens with one attached hydrogen (secondary N) is 1. The van der Waals surface area contributed by atoms with Crippen molar-refractivity contribution in [1.29, 1.82) is 5.26 Å². The summed E-state index contributed by atoms with van der Waals surface area (Å²) in [5, 5.41) is 22.8. The number of hydrogen-bond donors (Lipinski definition) is 2. The van der Waals surface area contributed by atoms with Crippen molar-refractivity contribution >= 4 is 16.5 Å². The van der Waals surface area contributed by atoms with Crippen LogP contribution in [-0.2, 0) is 0 Å². The zero-order chi connectivity index (χ0) is 10.7. The van der Waals surface area contributed by atoms with Crippen LogP contribution in [0.2, 0.25) is 0 Å². The number of hydrogen-bond acceptors (Lipinski definition) is 5. The molecule has 0 atom stereocenters. The van der Waals surface area contributed by atoms with E-state index in [-0.39, 0.29) is 5.75 Å². The molecule has 0 amide bonds. The van der Waals surface area contributed by atoms with Crippen LogP contribution in [0.4, 0.5) is 5.13 Å². The summed E-state index contributed by atoms with van der Waals surface area (Å²) in [6, 6.07) is 6.96. The maximum Gasteiger partial charge on any atom is 0.196 e. The number of para-hydroxylation sites is 1. The molecule has 0 aliphatic carbocycles. The van der Waals surface area contributed by atoms with Crippen molar-refractivity contribution in [3.63, 3.8) is 0 Å². The summed E-state index contributed by atoms with van der Waals surface area (Å²) < 4.78 is 0. The van der Waals surface area contributed by atoms with Gasteiger partial charge in [-0.3, -0.25) is 5.32 Å². The van der Waals surface area contributed by atoms with Crippen LogP contribution < -0.4 is 5.32 Å². The number of benzene rings is 1. The fourth-order valence-electron chi connectivity index (χ4n) is 1.19. The fourth-order valence-corrected chi connectivity index (χ4v) is 1.85. The molecule has 15 heavy (non-hydrogen) atoms. The molecule has 0 aliphatic heterocycles. The molecule has 2 aromatic rings. The number of thiazole rings is 1. The van der Waals surface area contributed by atoms with Gasteiger partial charge in [-0.2, -0.15) is 5.26 Å². The first-order chi connectivity index (χ1) is 7.31. The smallest absolute Gasteiger partial charge is 0.196 e. The lowest BCUT2D eigenvalue weighted by Gasteiger charge is -1.98. The van der Waals surface area contributed by atoms with Gasteiger partial charge in [0.15, 0.2) is 11.3 Å². The third kappa shape index (κ3) is 1.90. The Balaban J connectivity index is 2.38. The molecule has 2 rings (SSSR count). The van der Waals surface area contributed by atoms with Gasteiger partial charge in [-0.25, -0.2) is 4.98 Å². The summed E-state index contributed by atoms with van der Waals surface area (Å²) in [6.07, 6.45) is 1.80. The molecule has 0 spiro atoms. The summed E-state index contributed by atoms with van der Waals surface area (Å²) in [5.74, 6) is 0.186. The van der Waals surface area contributed by atoms with Crippen LogP contribution in [0.15, 0.2) is 29.6 Å². The van der Waals surface area contributed by atoms with E-state index in [1.165, 1.54) is 11.3 Å². The molecule has 0 fully saturated rings. The van der Waals surface area contributed by atoms with Crippen molar-refractivity contribution in [1.82, 2.24) is 4.98 Å². The highest BCUT2D eigenvalue weighted by Crippen LogP contribution is 2.30. The molecule has 0 unspecified atom stereocenters.